The van der Waals surface area contributed by atoms with Crippen LogP contribution in [-0.4, -0.2) is 38.5 Å². The van der Waals surface area contributed by atoms with Crippen molar-refractivity contribution in [2.24, 2.45) is 0 Å². The summed E-state index contributed by atoms with van der Waals surface area (Å²) in [6, 6.07) is 22.7. The zero-order valence-electron chi connectivity index (χ0n) is 24.7. The fraction of sp³-hybridized carbons (Fsp3) is 0.0588. The standard InChI is InChI=1S/C34H27N7O6/c42-31(37-20-22-3-1-15-35-18-22)24-5-9-26(10-6-24)39-33(44)29-14-13-28(41(46)47)17-30(29)34(45)40-27-11-7-25(8-12-27)32(43)38-21-23-4-2-16-36-19-23/h1-19H,20-21H2,(H,37,42)(H,38,43)(H,39,44)(H,40,45). The molecule has 13 nitrogen and oxygen atoms in total. The van der Waals surface area contributed by atoms with E-state index in [2.05, 4.69) is 31.2 Å². The first-order valence-corrected chi connectivity index (χ1v) is 14.2. The van der Waals surface area contributed by atoms with Gasteiger partial charge in [0.25, 0.3) is 29.3 Å². The molecule has 0 radical (unpaired) electrons. The number of rotatable bonds is 11. The normalized spacial score (nSPS) is 10.4. The van der Waals surface area contributed by atoms with Crippen molar-refractivity contribution in [3.05, 3.63) is 159 Å². The highest BCUT2D eigenvalue weighted by Gasteiger charge is 2.22. The van der Waals surface area contributed by atoms with E-state index in [4.69, 9.17) is 0 Å². The number of amides is 4. The Morgan fingerprint density at radius 2 is 1.06 bits per heavy atom. The van der Waals surface area contributed by atoms with Gasteiger partial charge in [0.2, 0.25) is 0 Å². The number of aromatic nitrogens is 2. The molecule has 3 aromatic carbocycles. The van der Waals surface area contributed by atoms with Crippen molar-refractivity contribution in [3.63, 3.8) is 0 Å². The lowest BCUT2D eigenvalue weighted by molar-refractivity contribution is -0.384. The smallest absolute Gasteiger partial charge is 0.270 e. The Bertz CT molecular complexity index is 1920. The van der Waals surface area contributed by atoms with Crippen LogP contribution in [0.2, 0.25) is 0 Å². The summed E-state index contributed by atoms with van der Waals surface area (Å²) >= 11 is 0. The van der Waals surface area contributed by atoms with Gasteiger partial charge in [0.1, 0.15) is 0 Å². The minimum absolute atomic E-state index is 0.113. The van der Waals surface area contributed by atoms with Gasteiger partial charge in [-0.3, -0.25) is 39.3 Å². The van der Waals surface area contributed by atoms with Crippen LogP contribution in [0.4, 0.5) is 17.1 Å². The molecule has 0 aliphatic carbocycles. The van der Waals surface area contributed by atoms with Gasteiger partial charge >= 0.3 is 0 Å². The van der Waals surface area contributed by atoms with Crippen molar-refractivity contribution < 1.29 is 24.1 Å². The molecule has 5 rings (SSSR count). The monoisotopic (exact) mass is 629 g/mol. The molecule has 0 aliphatic rings. The van der Waals surface area contributed by atoms with Crippen LogP contribution in [0.5, 0.6) is 0 Å². The zero-order chi connectivity index (χ0) is 33.2. The molecular formula is C34H27N7O6. The van der Waals surface area contributed by atoms with E-state index < -0.39 is 16.7 Å². The highest BCUT2D eigenvalue weighted by Crippen LogP contribution is 2.22. The van der Waals surface area contributed by atoms with Crippen LogP contribution in [0.3, 0.4) is 0 Å². The maximum Gasteiger partial charge on any atom is 0.270 e. The Hall–Kier alpha value is -6.76. The number of nitro benzene ring substituents is 1. The highest BCUT2D eigenvalue weighted by molar-refractivity contribution is 6.15. The number of nitrogens with zero attached hydrogens (tertiary/aromatic N) is 3. The average molecular weight is 630 g/mol. The Morgan fingerprint density at radius 3 is 1.49 bits per heavy atom. The number of carbonyl (C=O) groups is 4. The molecule has 2 aromatic heterocycles. The van der Waals surface area contributed by atoms with Crippen molar-refractivity contribution in [2.45, 2.75) is 13.1 Å². The third-order valence-corrected chi connectivity index (χ3v) is 6.86. The van der Waals surface area contributed by atoms with Crippen molar-refractivity contribution in [1.29, 1.82) is 0 Å². The topological polar surface area (TPSA) is 185 Å². The molecular weight excluding hydrogens is 602 g/mol. The minimum Gasteiger partial charge on any atom is -0.348 e. The third kappa shape index (κ3) is 8.45. The van der Waals surface area contributed by atoms with Crippen LogP contribution in [0.1, 0.15) is 52.6 Å². The third-order valence-electron chi connectivity index (χ3n) is 6.86. The molecule has 0 saturated heterocycles. The molecule has 4 N–H and O–H groups in total. The van der Waals surface area contributed by atoms with Crippen LogP contribution in [0.15, 0.2) is 116 Å². The van der Waals surface area contributed by atoms with E-state index in [1.165, 1.54) is 54.6 Å². The fourth-order valence-corrected chi connectivity index (χ4v) is 4.41. The van der Waals surface area contributed by atoms with E-state index in [-0.39, 0.29) is 35.2 Å². The van der Waals surface area contributed by atoms with Crippen molar-refractivity contribution in [2.75, 3.05) is 10.6 Å². The lowest BCUT2D eigenvalue weighted by Crippen LogP contribution is -2.23. The average Bonchev–Trinajstić information content (AvgIpc) is 3.10. The maximum absolute atomic E-state index is 13.3. The summed E-state index contributed by atoms with van der Waals surface area (Å²) in [5.41, 5.74) is 2.28. The Labute approximate surface area is 268 Å². The number of nitro groups is 1. The predicted molar refractivity (Wildman–Crippen MR) is 173 cm³/mol. The van der Waals surface area contributed by atoms with Crippen LogP contribution in [0.25, 0.3) is 0 Å². The van der Waals surface area contributed by atoms with Crippen LogP contribution in [0, 0.1) is 10.1 Å². The van der Waals surface area contributed by atoms with E-state index in [9.17, 15) is 29.3 Å². The molecule has 4 amide bonds. The van der Waals surface area contributed by atoms with Crippen molar-refractivity contribution >= 4 is 40.7 Å². The highest BCUT2D eigenvalue weighted by atomic mass is 16.6. The van der Waals surface area contributed by atoms with E-state index in [1.807, 2.05) is 12.1 Å². The van der Waals surface area contributed by atoms with Gasteiger partial charge in [-0.25, -0.2) is 0 Å². The van der Waals surface area contributed by atoms with Gasteiger partial charge in [0.15, 0.2) is 0 Å². The number of hydrogen-bond acceptors (Lipinski definition) is 8. The quantitative estimate of drug-likeness (QED) is 0.119. The van der Waals surface area contributed by atoms with Crippen molar-refractivity contribution in [3.8, 4) is 0 Å². The van der Waals surface area contributed by atoms with Gasteiger partial charge in [-0.05, 0) is 77.9 Å². The lowest BCUT2D eigenvalue weighted by atomic mass is 10.0. The first-order chi connectivity index (χ1) is 22.8. The molecule has 0 atom stereocenters. The summed E-state index contributed by atoms with van der Waals surface area (Å²) < 4.78 is 0. The molecule has 2 heterocycles. The van der Waals surface area contributed by atoms with Gasteiger partial charge in [0.05, 0.1) is 16.1 Å². The molecule has 5 aromatic rings. The second-order valence-electron chi connectivity index (χ2n) is 10.1. The number of pyridine rings is 2. The largest absolute Gasteiger partial charge is 0.348 e. The van der Waals surface area contributed by atoms with E-state index in [0.29, 0.717) is 29.0 Å². The summed E-state index contributed by atoms with van der Waals surface area (Å²) in [6.07, 6.45) is 6.56. The number of nitrogens with one attached hydrogen (secondary N) is 4. The Morgan fingerprint density at radius 1 is 0.596 bits per heavy atom. The van der Waals surface area contributed by atoms with Crippen LogP contribution < -0.4 is 21.3 Å². The summed E-state index contributed by atoms with van der Waals surface area (Å²) in [5.74, 6) is -2.12. The SMILES string of the molecule is O=C(NCc1cccnc1)c1ccc(NC(=O)c2ccc([N+](=O)[O-])cc2C(=O)Nc2ccc(C(=O)NCc3cccnc3)cc2)cc1. The number of non-ortho nitro benzene ring substituents is 1. The number of hydrogen-bond donors (Lipinski definition) is 4. The number of anilines is 2. The molecule has 13 heteroatoms. The number of benzene rings is 3. The second-order valence-corrected chi connectivity index (χ2v) is 10.1. The molecule has 0 saturated carbocycles. The second kappa shape index (κ2) is 14.8. The van der Waals surface area contributed by atoms with Crippen LogP contribution in [-0.2, 0) is 13.1 Å². The van der Waals surface area contributed by atoms with Gasteiger partial charge in [-0.15, -0.1) is 0 Å². The molecule has 0 spiro atoms. The molecule has 0 unspecified atom stereocenters. The van der Waals surface area contributed by atoms with Gasteiger partial charge in [-0.1, -0.05) is 12.1 Å². The number of carbonyl (C=O) groups excluding carboxylic acids is 4. The molecule has 0 bridgehead atoms. The first kappa shape index (κ1) is 31.7. The summed E-state index contributed by atoms with van der Waals surface area (Å²) in [5, 5.41) is 22.3. The van der Waals surface area contributed by atoms with Crippen molar-refractivity contribution in [1.82, 2.24) is 20.6 Å². The van der Waals surface area contributed by atoms with E-state index >= 15 is 0 Å². The minimum atomic E-state index is -0.770. The summed E-state index contributed by atoms with van der Waals surface area (Å²) in [7, 11) is 0. The Kier molecular flexibility index (Phi) is 9.98. The molecule has 0 fully saturated rings. The Balaban J connectivity index is 1.24. The maximum atomic E-state index is 13.3. The lowest BCUT2D eigenvalue weighted by Gasteiger charge is -2.12. The first-order valence-electron chi connectivity index (χ1n) is 14.2. The predicted octanol–water partition coefficient (Wildman–Crippen LogP) is 4.75. The molecule has 0 aliphatic heterocycles. The summed E-state index contributed by atoms with van der Waals surface area (Å²) in [4.78, 5) is 70.4. The fourth-order valence-electron chi connectivity index (χ4n) is 4.41. The van der Waals surface area contributed by atoms with Crippen LogP contribution >= 0.6 is 0 Å². The van der Waals surface area contributed by atoms with E-state index in [1.54, 1.807) is 36.9 Å². The van der Waals surface area contributed by atoms with Gasteiger partial charge in [0, 0.05) is 72.5 Å². The zero-order valence-corrected chi connectivity index (χ0v) is 24.7. The molecule has 234 valence electrons. The van der Waals surface area contributed by atoms with Gasteiger partial charge < -0.3 is 21.3 Å². The van der Waals surface area contributed by atoms with E-state index in [0.717, 1.165) is 23.3 Å². The summed E-state index contributed by atoms with van der Waals surface area (Å²) in [6.45, 7) is 0.581. The van der Waals surface area contributed by atoms with Gasteiger partial charge in [-0.2, -0.15) is 0 Å². The molecule has 47 heavy (non-hydrogen) atoms.